The Morgan fingerprint density at radius 2 is 2.24 bits per heavy atom. The van der Waals surface area contributed by atoms with Crippen LogP contribution in [0.3, 0.4) is 0 Å². The van der Waals surface area contributed by atoms with Crippen LogP contribution in [0.4, 0.5) is 11.4 Å². The minimum absolute atomic E-state index is 0.0427. The molecule has 0 unspecified atom stereocenters. The maximum atomic E-state index is 11.4. The Balaban J connectivity index is 2.66. The first-order valence-electron chi connectivity index (χ1n) is 5.97. The lowest BCUT2D eigenvalue weighted by Gasteiger charge is -2.20. The van der Waals surface area contributed by atoms with Crippen molar-refractivity contribution in [2.45, 2.75) is 0 Å². The molecular formula is C14H11N3O4. The van der Waals surface area contributed by atoms with Gasteiger partial charge >= 0.3 is 11.7 Å². The van der Waals surface area contributed by atoms with Crippen LogP contribution in [-0.4, -0.2) is 34.1 Å². The van der Waals surface area contributed by atoms with Crippen molar-refractivity contribution in [2.75, 3.05) is 18.0 Å². The van der Waals surface area contributed by atoms with E-state index in [2.05, 4.69) is 10.9 Å². The Labute approximate surface area is 120 Å². The van der Waals surface area contributed by atoms with E-state index in [1.165, 1.54) is 17.2 Å². The molecule has 0 aliphatic carbocycles. The van der Waals surface area contributed by atoms with Crippen LogP contribution < -0.4 is 4.90 Å². The summed E-state index contributed by atoms with van der Waals surface area (Å²) in [6.45, 7) is -0.463. The summed E-state index contributed by atoms with van der Waals surface area (Å²) in [6, 6.07) is 6.22. The first kappa shape index (κ1) is 14.3. The molecule has 1 heterocycles. The summed E-state index contributed by atoms with van der Waals surface area (Å²) in [5.41, 5.74) is 0.432. The molecule has 0 fully saturated rings. The van der Waals surface area contributed by atoms with Crippen molar-refractivity contribution in [1.29, 1.82) is 0 Å². The lowest BCUT2D eigenvalue weighted by molar-refractivity contribution is -0.382. The van der Waals surface area contributed by atoms with Gasteiger partial charge in [0.15, 0.2) is 0 Å². The summed E-state index contributed by atoms with van der Waals surface area (Å²) in [5.74, 6) is 1.19. The van der Waals surface area contributed by atoms with Crippen molar-refractivity contribution in [1.82, 2.24) is 4.98 Å². The molecule has 7 nitrogen and oxygen atoms in total. The highest BCUT2D eigenvalue weighted by molar-refractivity contribution is 5.95. The Morgan fingerprint density at radius 1 is 1.48 bits per heavy atom. The number of fused-ring (bicyclic) bond motifs is 1. The van der Waals surface area contributed by atoms with Crippen LogP contribution in [0, 0.1) is 22.5 Å². The molecule has 1 aromatic heterocycles. The van der Waals surface area contributed by atoms with E-state index in [0.717, 1.165) is 0 Å². The van der Waals surface area contributed by atoms with Gasteiger partial charge in [0.1, 0.15) is 12.2 Å². The predicted octanol–water partition coefficient (Wildman–Crippen LogP) is 1.67. The van der Waals surface area contributed by atoms with Gasteiger partial charge in [-0.05, 0) is 24.3 Å². The number of terminal acetylenes is 1. The van der Waals surface area contributed by atoms with Gasteiger partial charge in [-0.3, -0.25) is 19.9 Å². The van der Waals surface area contributed by atoms with Crippen molar-refractivity contribution < 1.29 is 14.8 Å². The van der Waals surface area contributed by atoms with Crippen LogP contribution in [0.15, 0.2) is 30.5 Å². The van der Waals surface area contributed by atoms with Gasteiger partial charge in [-0.2, -0.15) is 0 Å². The number of anilines is 1. The van der Waals surface area contributed by atoms with Crippen molar-refractivity contribution in [3.63, 3.8) is 0 Å². The highest BCUT2D eigenvalue weighted by Crippen LogP contribution is 2.34. The number of hydrogen-bond donors (Lipinski definition) is 1. The molecule has 0 saturated carbocycles. The number of aliphatic carboxylic acids is 1. The monoisotopic (exact) mass is 285 g/mol. The number of nitrogens with zero attached hydrogens (tertiary/aromatic N) is 3. The molecule has 2 rings (SSSR count). The second-order valence-corrected chi connectivity index (χ2v) is 4.21. The van der Waals surface area contributed by atoms with Crippen LogP contribution in [-0.2, 0) is 4.79 Å². The highest BCUT2D eigenvalue weighted by Gasteiger charge is 2.24. The molecule has 0 saturated heterocycles. The maximum absolute atomic E-state index is 11.4. The first-order chi connectivity index (χ1) is 10.0. The smallest absolute Gasteiger partial charge is 0.323 e. The number of aromatic nitrogens is 1. The number of carbonyl (C=O) groups is 1. The number of nitro groups is 1. The fourth-order valence-corrected chi connectivity index (χ4v) is 2.07. The van der Waals surface area contributed by atoms with Gasteiger partial charge in [0.25, 0.3) is 0 Å². The highest BCUT2D eigenvalue weighted by atomic mass is 16.6. The number of rotatable bonds is 5. The third-order valence-corrected chi connectivity index (χ3v) is 2.87. The van der Waals surface area contributed by atoms with E-state index in [1.54, 1.807) is 18.2 Å². The number of carboxylic acid groups (broad SMARTS) is 1. The normalized spacial score (nSPS) is 10.0. The zero-order valence-electron chi connectivity index (χ0n) is 10.9. The zero-order chi connectivity index (χ0) is 15.4. The Kier molecular flexibility index (Phi) is 4.00. The third kappa shape index (κ3) is 2.90. The minimum Gasteiger partial charge on any atom is -0.480 e. The quantitative estimate of drug-likeness (QED) is 0.510. The zero-order valence-corrected chi connectivity index (χ0v) is 10.9. The average Bonchev–Trinajstić information content (AvgIpc) is 2.45. The number of carboxylic acids is 1. The summed E-state index contributed by atoms with van der Waals surface area (Å²) in [4.78, 5) is 27.1. The van der Waals surface area contributed by atoms with E-state index in [1.807, 2.05) is 0 Å². The van der Waals surface area contributed by atoms with Crippen molar-refractivity contribution in [3.05, 3.63) is 40.6 Å². The standard InChI is InChI=1S/C14H11N3O4/c1-2-8-16(9-13(18)19)12-6-5-11-10(4-3-7-15-11)14(12)17(20)21/h1,3-7H,8-9H2,(H,18,19). The molecule has 1 aromatic carbocycles. The summed E-state index contributed by atoms with van der Waals surface area (Å²) >= 11 is 0. The van der Waals surface area contributed by atoms with E-state index in [-0.39, 0.29) is 17.9 Å². The summed E-state index contributed by atoms with van der Waals surface area (Å²) < 4.78 is 0. The minimum atomic E-state index is -1.12. The fourth-order valence-electron chi connectivity index (χ4n) is 2.07. The molecular weight excluding hydrogens is 274 g/mol. The number of pyridine rings is 1. The van der Waals surface area contributed by atoms with E-state index in [9.17, 15) is 14.9 Å². The van der Waals surface area contributed by atoms with Crippen LogP contribution in [0.5, 0.6) is 0 Å². The van der Waals surface area contributed by atoms with E-state index in [0.29, 0.717) is 10.9 Å². The number of benzene rings is 1. The molecule has 0 bridgehead atoms. The Morgan fingerprint density at radius 3 is 2.86 bits per heavy atom. The molecule has 0 spiro atoms. The van der Waals surface area contributed by atoms with Crippen LogP contribution in [0.1, 0.15) is 0 Å². The molecule has 0 amide bonds. The van der Waals surface area contributed by atoms with Gasteiger partial charge < -0.3 is 10.0 Å². The summed E-state index contributed by atoms with van der Waals surface area (Å²) in [7, 11) is 0. The first-order valence-corrected chi connectivity index (χ1v) is 5.97. The average molecular weight is 285 g/mol. The molecule has 21 heavy (non-hydrogen) atoms. The number of hydrogen-bond acceptors (Lipinski definition) is 5. The third-order valence-electron chi connectivity index (χ3n) is 2.87. The van der Waals surface area contributed by atoms with Crippen LogP contribution >= 0.6 is 0 Å². The lowest BCUT2D eigenvalue weighted by atomic mass is 10.1. The topological polar surface area (TPSA) is 96.6 Å². The summed E-state index contributed by atoms with van der Waals surface area (Å²) in [6.07, 6.45) is 6.74. The van der Waals surface area contributed by atoms with Gasteiger partial charge in [-0.1, -0.05) is 5.92 Å². The van der Waals surface area contributed by atoms with Crippen molar-refractivity contribution in [3.8, 4) is 12.3 Å². The van der Waals surface area contributed by atoms with Crippen LogP contribution in [0.2, 0.25) is 0 Å². The second kappa shape index (κ2) is 5.88. The maximum Gasteiger partial charge on any atom is 0.323 e. The van der Waals surface area contributed by atoms with Gasteiger partial charge in [0.2, 0.25) is 0 Å². The Hall–Kier alpha value is -3.14. The van der Waals surface area contributed by atoms with Crippen molar-refractivity contribution >= 4 is 28.2 Å². The molecule has 0 atom stereocenters. The van der Waals surface area contributed by atoms with Crippen molar-refractivity contribution in [2.24, 2.45) is 0 Å². The largest absolute Gasteiger partial charge is 0.480 e. The van der Waals surface area contributed by atoms with E-state index < -0.39 is 17.4 Å². The molecule has 0 aliphatic heterocycles. The Bertz CT molecular complexity index is 751. The molecule has 1 N–H and O–H groups in total. The summed E-state index contributed by atoms with van der Waals surface area (Å²) in [5, 5.41) is 20.6. The van der Waals surface area contributed by atoms with Gasteiger partial charge in [-0.15, -0.1) is 6.42 Å². The lowest BCUT2D eigenvalue weighted by Crippen LogP contribution is -2.30. The molecule has 2 aromatic rings. The van der Waals surface area contributed by atoms with Crippen LogP contribution in [0.25, 0.3) is 10.9 Å². The molecule has 0 aliphatic rings. The van der Waals surface area contributed by atoms with Gasteiger partial charge in [-0.25, -0.2) is 0 Å². The fraction of sp³-hybridized carbons (Fsp3) is 0.143. The predicted molar refractivity (Wildman–Crippen MR) is 77.1 cm³/mol. The SMILES string of the molecule is C#CCN(CC(=O)O)c1ccc2ncccc2c1[N+](=O)[O-]. The second-order valence-electron chi connectivity index (χ2n) is 4.21. The molecule has 7 heteroatoms. The van der Waals surface area contributed by atoms with E-state index >= 15 is 0 Å². The molecule has 106 valence electrons. The molecule has 0 radical (unpaired) electrons. The van der Waals surface area contributed by atoms with Gasteiger partial charge in [0.05, 0.1) is 22.4 Å². The van der Waals surface area contributed by atoms with E-state index in [4.69, 9.17) is 11.5 Å². The van der Waals surface area contributed by atoms with Gasteiger partial charge in [0, 0.05) is 6.20 Å². The number of nitro benzene ring substituents is 1.